The molecule has 15 heavy (non-hydrogen) atoms. The van der Waals surface area contributed by atoms with Gasteiger partial charge in [-0.2, -0.15) is 0 Å². The van der Waals surface area contributed by atoms with Crippen LogP contribution in [0, 0.1) is 12.7 Å². The van der Waals surface area contributed by atoms with Crippen molar-refractivity contribution in [1.82, 2.24) is 4.98 Å². The highest BCUT2D eigenvalue weighted by atomic mass is 19.1. The van der Waals surface area contributed by atoms with Crippen LogP contribution in [0.15, 0.2) is 24.3 Å². The average Bonchev–Trinajstić information content (AvgIpc) is 2.20. The van der Waals surface area contributed by atoms with Crippen LogP contribution in [0.3, 0.4) is 0 Å². The maximum absolute atomic E-state index is 13.0. The van der Waals surface area contributed by atoms with Gasteiger partial charge in [0.25, 0.3) is 0 Å². The van der Waals surface area contributed by atoms with Crippen LogP contribution in [0.4, 0.5) is 4.39 Å². The molecule has 2 rings (SSSR count). The summed E-state index contributed by atoms with van der Waals surface area (Å²) in [6.07, 6.45) is 2.06. The molecule has 1 heterocycles. The first-order valence-electron chi connectivity index (χ1n) is 5.26. The van der Waals surface area contributed by atoms with Crippen LogP contribution in [0.25, 0.3) is 10.8 Å². The van der Waals surface area contributed by atoms with E-state index in [0.717, 1.165) is 35.0 Å². The first kappa shape index (κ1) is 10.1. The van der Waals surface area contributed by atoms with Crippen molar-refractivity contribution in [3.8, 4) is 0 Å². The van der Waals surface area contributed by atoms with Crippen LogP contribution in [0.2, 0.25) is 0 Å². The summed E-state index contributed by atoms with van der Waals surface area (Å²) < 4.78 is 13.0. The summed E-state index contributed by atoms with van der Waals surface area (Å²) in [7, 11) is 0. The largest absolute Gasteiger partial charge is 0.258 e. The molecule has 0 saturated heterocycles. The van der Waals surface area contributed by atoms with E-state index >= 15 is 0 Å². The Labute approximate surface area is 89.0 Å². The molecule has 0 N–H and O–H groups in total. The monoisotopic (exact) mass is 203 g/mol. The van der Waals surface area contributed by atoms with Crippen molar-refractivity contribution in [2.45, 2.75) is 26.7 Å². The molecular formula is C13H14FN. The molecule has 0 amide bonds. The molecule has 0 saturated carbocycles. The Hall–Kier alpha value is -1.44. The lowest BCUT2D eigenvalue weighted by Gasteiger charge is -2.05. The predicted molar refractivity (Wildman–Crippen MR) is 60.4 cm³/mol. The van der Waals surface area contributed by atoms with Gasteiger partial charge in [0.1, 0.15) is 5.82 Å². The molecule has 1 aromatic heterocycles. The lowest BCUT2D eigenvalue weighted by Crippen LogP contribution is -1.93. The number of hydrogen-bond acceptors (Lipinski definition) is 1. The smallest absolute Gasteiger partial charge is 0.123 e. The number of rotatable bonds is 2. The number of aromatic nitrogens is 1. The number of benzene rings is 1. The van der Waals surface area contributed by atoms with Crippen LogP contribution < -0.4 is 0 Å². The van der Waals surface area contributed by atoms with Crippen LogP contribution in [0.5, 0.6) is 0 Å². The number of aryl methyl sites for hydroxylation is 2. The molecule has 78 valence electrons. The highest BCUT2D eigenvalue weighted by molar-refractivity contribution is 5.84. The summed E-state index contributed by atoms with van der Waals surface area (Å²) >= 11 is 0. The van der Waals surface area contributed by atoms with Gasteiger partial charge in [-0.15, -0.1) is 0 Å². The molecule has 2 heteroatoms. The average molecular weight is 203 g/mol. The number of pyridine rings is 1. The zero-order valence-electron chi connectivity index (χ0n) is 9.05. The highest BCUT2D eigenvalue weighted by Gasteiger charge is 2.03. The number of halogens is 1. The molecule has 0 atom stereocenters. The SMILES string of the molecule is CCCc1cc2ccc(F)cc2c(C)n1. The van der Waals surface area contributed by atoms with Crippen molar-refractivity contribution in [2.24, 2.45) is 0 Å². The van der Waals surface area contributed by atoms with Gasteiger partial charge in [0.05, 0.1) is 0 Å². The van der Waals surface area contributed by atoms with Gasteiger partial charge in [0.15, 0.2) is 0 Å². The molecule has 0 radical (unpaired) electrons. The Morgan fingerprint density at radius 2 is 2.07 bits per heavy atom. The molecule has 0 fully saturated rings. The van der Waals surface area contributed by atoms with E-state index in [1.54, 1.807) is 6.07 Å². The minimum Gasteiger partial charge on any atom is -0.258 e. The van der Waals surface area contributed by atoms with Gasteiger partial charge in [0.2, 0.25) is 0 Å². The number of fused-ring (bicyclic) bond motifs is 1. The second-order valence-electron chi connectivity index (χ2n) is 3.81. The normalized spacial score (nSPS) is 10.9. The second-order valence-corrected chi connectivity index (χ2v) is 3.81. The Kier molecular flexibility index (Phi) is 2.67. The van der Waals surface area contributed by atoms with Crippen molar-refractivity contribution >= 4 is 10.8 Å². The Morgan fingerprint density at radius 1 is 1.27 bits per heavy atom. The van der Waals surface area contributed by atoms with Crippen molar-refractivity contribution in [3.05, 3.63) is 41.5 Å². The molecule has 0 spiro atoms. The fourth-order valence-electron chi connectivity index (χ4n) is 1.84. The van der Waals surface area contributed by atoms with Crippen molar-refractivity contribution < 1.29 is 4.39 Å². The summed E-state index contributed by atoms with van der Waals surface area (Å²) in [6.45, 7) is 4.06. The third-order valence-corrected chi connectivity index (χ3v) is 2.54. The van der Waals surface area contributed by atoms with Gasteiger partial charge < -0.3 is 0 Å². The van der Waals surface area contributed by atoms with E-state index in [-0.39, 0.29) is 5.82 Å². The topological polar surface area (TPSA) is 12.9 Å². The molecule has 0 aliphatic rings. The first-order chi connectivity index (χ1) is 7.20. The summed E-state index contributed by atoms with van der Waals surface area (Å²) in [5.41, 5.74) is 2.00. The minimum atomic E-state index is -0.198. The van der Waals surface area contributed by atoms with E-state index in [2.05, 4.69) is 11.9 Å². The van der Waals surface area contributed by atoms with E-state index in [0.29, 0.717) is 0 Å². The predicted octanol–water partition coefficient (Wildman–Crippen LogP) is 3.63. The summed E-state index contributed by atoms with van der Waals surface area (Å²) in [5, 5.41) is 1.99. The fourth-order valence-corrected chi connectivity index (χ4v) is 1.84. The third kappa shape index (κ3) is 1.99. The fraction of sp³-hybridized carbons (Fsp3) is 0.308. The van der Waals surface area contributed by atoms with Gasteiger partial charge in [-0.05, 0) is 36.9 Å². The van der Waals surface area contributed by atoms with Crippen molar-refractivity contribution in [3.63, 3.8) is 0 Å². The van der Waals surface area contributed by atoms with Crippen LogP contribution in [-0.4, -0.2) is 4.98 Å². The zero-order valence-corrected chi connectivity index (χ0v) is 9.05. The number of hydrogen-bond donors (Lipinski definition) is 0. The quantitative estimate of drug-likeness (QED) is 0.726. The highest BCUT2D eigenvalue weighted by Crippen LogP contribution is 2.19. The second kappa shape index (κ2) is 3.97. The van der Waals surface area contributed by atoms with Crippen molar-refractivity contribution in [2.75, 3.05) is 0 Å². The summed E-state index contributed by atoms with van der Waals surface area (Å²) in [5.74, 6) is -0.198. The Morgan fingerprint density at radius 3 is 2.80 bits per heavy atom. The van der Waals surface area contributed by atoms with Crippen molar-refractivity contribution in [1.29, 1.82) is 0 Å². The van der Waals surface area contributed by atoms with Gasteiger partial charge in [-0.1, -0.05) is 19.4 Å². The molecular weight excluding hydrogens is 189 g/mol. The van der Waals surface area contributed by atoms with Gasteiger partial charge in [-0.25, -0.2) is 4.39 Å². The first-order valence-corrected chi connectivity index (χ1v) is 5.26. The molecule has 1 nitrogen and oxygen atoms in total. The van der Waals surface area contributed by atoms with Gasteiger partial charge >= 0.3 is 0 Å². The number of nitrogens with zero attached hydrogens (tertiary/aromatic N) is 1. The van der Waals surface area contributed by atoms with E-state index in [1.165, 1.54) is 6.07 Å². The molecule has 0 aliphatic heterocycles. The van der Waals surface area contributed by atoms with E-state index in [1.807, 2.05) is 19.1 Å². The van der Waals surface area contributed by atoms with Crippen LogP contribution >= 0.6 is 0 Å². The minimum absolute atomic E-state index is 0.198. The lowest BCUT2D eigenvalue weighted by atomic mass is 10.1. The third-order valence-electron chi connectivity index (χ3n) is 2.54. The van der Waals surface area contributed by atoms with E-state index < -0.39 is 0 Å². The Bertz CT molecular complexity index is 491. The zero-order chi connectivity index (χ0) is 10.8. The molecule has 1 aromatic carbocycles. The van der Waals surface area contributed by atoms with Gasteiger partial charge in [0, 0.05) is 16.8 Å². The molecule has 0 aliphatic carbocycles. The summed E-state index contributed by atoms with van der Waals surface area (Å²) in [6, 6.07) is 6.91. The van der Waals surface area contributed by atoms with Crippen LogP contribution in [-0.2, 0) is 6.42 Å². The lowest BCUT2D eigenvalue weighted by molar-refractivity contribution is 0.629. The van der Waals surface area contributed by atoms with Crippen LogP contribution in [0.1, 0.15) is 24.7 Å². The molecule has 0 unspecified atom stereocenters. The standard InChI is InChI=1S/C13H14FN/c1-3-4-12-7-10-5-6-11(14)8-13(10)9(2)15-12/h5-8H,3-4H2,1-2H3. The maximum atomic E-state index is 13.0. The maximum Gasteiger partial charge on any atom is 0.123 e. The Balaban J connectivity index is 2.62. The molecule has 0 bridgehead atoms. The van der Waals surface area contributed by atoms with E-state index in [4.69, 9.17) is 0 Å². The molecule has 2 aromatic rings. The summed E-state index contributed by atoms with van der Waals surface area (Å²) in [4.78, 5) is 4.47. The van der Waals surface area contributed by atoms with Gasteiger partial charge in [-0.3, -0.25) is 4.98 Å². The van der Waals surface area contributed by atoms with E-state index in [9.17, 15) is 4.39 Å².